The van der Waals surface area contributed by atoms with E-state index in [1.54, 1.807) is 48.5 Å². The Morgan fingerprint density at radius 3 is 2.56 bits per heavy atom. The lowest BCUT2D eigenvalue weighted by atomic mass is 10.3. The van der Waals surface area contributed by atoms with Crippen molar-refractivity contribution in [1.29, 1.82) is 0 Å². The predicted molar refractivity (Wildman–Crippen MR) is 74.9 cm³/mol. The number of hydrogen-bond donors (Lipinski definition) is 3. The molecule has 0 saturated carbocycles. The van der Waals surface area contributed by atoms with Crippen LogP contribution in [-0.4, -0.2) is 6.03 Å². The maximum absolute atomic E-state index is 11.7. The number of nitrogen functional groups attached to an aromatic ring is 1. The Morgan fingerprint density at radius 1 is 1.06 bits per heavy atom. The van der Waals surface area contributed by atoms with Crippen LogP contribution in [0.15, 0.2) is 48.5 Å². The van der Waals surface area contributed by atoms with E-state index >= 15 is 0 Å². The SMILES string of the molecule is Nc1cccc(NC(=O)Nc2ccccc2Cl)c1. The fourth-order valence-electron chi connectivity index (χ4n) is 1.46. The molecule has 0 fully saturated rings. The Hall–Kier alpha value is -2.20. The van der Waals surface area contributed by atoms with Gasteiger partial charge < -0.3 is 16.4 Å². The van der Waals surface area contributed by atoms with Gasteiger partial charge in [0.15, 0.2) is 0 Å². The molecule has 0 aliphatic heterocycles. The van der Waals surface area contributed by atoms with Gasteiger partial charge in [-0.2, -0.15) is 0 Å². The molecule has 0 unspecified atom stereocenters. The Morgan fingerprint density at radius 2 is 1.83 bits per heavy atom. The van der Waals surface area contributed by atoms with E-state index < -0.39 is 0 Å². The summed E-state index contributed by atoms with van der Waals surface area (Å²) in [6, 6.07) is 13.6. The molecular weight excluding hydrogens is 250 g/mol. The van der Waals surface area contributed by atoms with E-state index in [0.29, 0.717) is 22.1 Å². The summed E-state index contributed by atoms with van der Waals surface area (Å²) in [7, 11) is 0. The van der Waals surface area contributed by atoms with Crippen molar-refractivity contribution in [3.8, 4) is 0 Å². The summed E-state index contributed by atoms with van der Waals surface area (Å²) in [5, 5.41) is 5.81. The first-order valence-electron chi connectivity index (χ1n) is 5.33. The Kier molecular flexibility index (Phi) is 3.69. The van der Waals surface area contributed by atoms with E-state index in [-0.39, 0.29) is 6.03 Å². The number of carbonyl (C=O) groups is 1. The third-order valence-corrected chi connectivity index (χ3v) is 2.60. The highest BCUT2D eigenvalue weighted by Crippen LogP contribution is 2.20. The number of rotatable bonds is 2. The van der Waals surface area contributed by atoms with E-state index in [1.807, 2.05) is 0 Å². The molecule has 2 aromatic rings. The van der Waals surface area contributed by atoms with Crippen molar-refractivity contribution in [2.75, 3.05) is 16.4 Å². The van der Waals surface area contributed by atoms with Gasteiger partial charge in [-0.1, -0.05) is 29.8 Å². The zero-order valence-electron chi connectivity index (χ0n) is 9.48. The van der Waals surface area contributed by atoms with Gasteiger partial charge in [-0.25, -0.2) is 4.79 Å². The Balaban J connectivity index is 2.03. The number of anilines is 3. The first-order chi connectivity index (χ1) is 8.65. The highest BCUT2D eigenvalue weighted by molar-refractivity contribution is 6.33. The summed E-state index contributed by atoms with van der Waals surface area (Å²) in [5.41, 5.74) is 7.39. The van der Waals surface area contributed by atoms with Gasteiger partial charge >= 0.3 is 6.03 Å². The fraction of sp³-hybridized carbons (Fsp3) is 0. The molecular formula is C13H12ClN3O. The summed E-state index contributed by atoms with van der Waals surface area (Å²) >= 11 is 5.93. The maximum Gasteiger partial charge on any atom is 0.323 e. The van der Waals surface area contributed by atoms with Crippen molar-refractivity contribution in [2.45, 2.75) is 0 Å². The molecule has 0 aromatic heterocycles. The number of carbonyl (C=O) groups excluding carboxylic acids is 1. The number of amides is 2. The standard InChI is InChI=1S/C13H12ClN3O/c14-11-6-1-2-7-12(11)17-13(18)16-10-5-3-4-9(15)8-10/h1-8H,15H2,(H2,16,17,18). The smallest absolute Gasteiger partial charge is 0.323 e. The van der Waals surface area contributed by atoms with E-state index in [4.69, 9.17) is 17.3 Å². The molecule has 5 heteroatoms. The van der Waals surface area contributed by atoms with Crippen molar-refractivity contribution in [2.24, 2.45) is 0 Å². The summed E-state index contributed by atoms with van der Waals surface area (Å²) in [6.07, 6.45) is 0. The molecule has 0 heterocycles. The highest BCUT2D eigenvalue weighted by atomic mass is 35.5. The molecule has 4 nitrogen and oxygen atoms in total. The quantitative estimate of drug-likeness (QED) is 0.724. The maximum atomic E-state index is 11.7. The number of benzene rings is 2. The number of para-hydroxylation sites is 1. The number of halogens is 1. The molecule has 0 atom stereocenters. The van der Waals surface area contributed by atoms with Crippen LogP contribution in [0.3, 0.4) is 0 Å². The Bertz CT molecular complexity index is 572. The fourth-order valence-corrected chi connectivity index (χ4v) is 1.65. The first kappa shape index (κ1) is 12.3. The molecule has 4 N–H and O–H groups in total. The van der Waals surface area contributed by atoms with Gasteiger partial charge in [0.2, 0.25) is 0 Å². The van der Waals surface area contributed by atoms with Crippen molar-refractivity contribution in [3.63, 3.8) is 0 Å². The van der Waals surface area contributed by atoms with Crippen LogP contribution >= 0.6 is 11.6 Å². The van der Waals surface area contributed by atoms with Crippen LogP contribution in [0.25, 0.3) is 0 Å². The number of nitrogens with one attached hydrogen (secondary N) is 2. The van der Waals surface area contributed by atoms with Crippen LogP contribution < -0.4 is 16.4 Å². The number of urea groups is 1. The lowest BCUT2D eigenvalue weighted by Crippen LogP contribution is -2.19. The zero-order chi connectivity index (χ0) is 13.0. The van der Waals surface area contributed by atoms with Gasteiger partial charge in [-0.05, 0) is 30.3 Å². The van der Waals surface area contributed by atoms with E-state index in [0.717, 1.165) is 0 Å². The molecule has 2 rings (SSSR count). The van der Waals surface area contributed by atoms with Crippen LogP contribution in [0.4, 0.5) is 21.9 Å². The van der Waals surface area contributed by atoms with Crippen LogP contribution in [-0.2, 0) is 0 Å². The minimum atomic E-state index is -0.367. The molecule has 0 saturated heterocycles. The monoisotopic (exact) mass is 261 g/mol. The van der Waals surface area contributed by atoms with Gasteiger partial charge in [-0.15, -0.1) is 0 Å². The zero-order valence-corrected chi connectivity index (χ0v) is 10.2. The van der Waals surface area contributed by atoms with Gasteiger partial charge in [0.05, 0.1) is 10.7 Å². The molecule has 0 aliphatic rings. The summed E-state index contributed by atoms with van der Waals surface area (Å²) in [4.78, 5) is 11.7. The predicted octanol–water partition coefficient (Wildman–Crippen LogP) is 3.57. The molecule has 18 heavy (non-hydrogen) atoms. The van der Waals surface area contributed by atoms with Gasteiger partial charge in [0.25, 0.3) is 0 Å². The average molecular weight is 262 g/mol. The third-order valence-electron chi connectivity index (χ3n) is 2.27. The normalized spacial score (nSPS) is 9.83. The minimum absolute atomic E-state index is 0.367. The summed E-state index contributed by atoms with van der Waals surface area (Å²) < 4.78 is 0. The van der Waals surface area contributed by atoms with Gasteiger partial charge in [-0.3, -0.25) is 0 Å². The largest absolute Gasteiger partial charge is 0.399 e. The second kappa shape index (κ2) is 5.42. The van der Waals surface area contributed by atoms with Crippen molar-refractivity contribution in [1.82, 2.24) is 0 Å². The number of hydrogen-bond acceptors (Lipinski definition) is 2. The molecule has 0 radical (unpaired) electrons. The first-order valence-corrected chi connectivity index (χ1v) is 5.71. The molecule has 0 aliphatic carbocycles. The topological polar surface area (TPSA) is 67.1 Å². The van der Waals surface area contributed by atoms with E-state index in [1.165, 1.54) is 0 Å². The van der Waals surface area contributed by atoms with E-state index in [2.05, 4.69) is 10.6 Å². The van der Waals surface area contributed by atoms with Crippen LogP contribution in [0, 0.1) is 0 Å². The summed E-state index contributed by atoms with van der Waals surface area (Å²) in [5.74, 6) is 0. The van der Waals surface area contributed by atoms with Crippen LogP contribution in [0.5, 0.6) is 0 Å². The van der Waals surface area contributed by atoms with E-state index in [9.17, 15) is 4.79 Å². The van der Waals surface area contributed by atoms with Crippen LogP contribution in [0.1, 0.15) is 0 Å². The molecule has 0 bridgehead atoms. The van der Waals surface area contributed by atoms with Crippen molar-refractivity contribution < 1.29 is 4.79 Å². The second-order valence-electron chi connectivity index (χ2n) is 3.68. The summed E-state index contributed by atoms with van der Waals surface area (Å²) in [6.45, 7) is 0. The van der Waals surface area contributed by atoms with Gasteiger partial charge in [0.1, 0.15) is 0 Å². The highest BCUT2D eigenvalue weighted by Gasteiger charge is 2.05. The molecule has 92 valence electrons. The van der Waals surface area contributed by atoms with Gasteiger partial charge in [0, 0.05) is 11.4 Å². The van der Waals surface area contributed by atoms with Crippen molar-refractivity contribution >= 4 is 34.7 Å². The minimum Gasteiger partial charge on any atom is -0.399 e. The lowest BCUT2D eigenvalue weighted by Gasteiger charge is -2.09. The molecule has 2 aromatic carbocycles. The lowest BCUT2D eigenvalue weighted by molar-refractivity contribution is 0.262. The van der Waals surface area contributed by atoms with Crippen LogP contribution in [0.2, 0.25) is 5.02 Å². The van der Waals surface area contributed by atoms with Crippen molar-refractivity contribution in [3.05, 3.63) is 53.6 Å². The number of nitrogens with two attached hydrogens (primary N) is 1. The molecule has 2 amide bonds. The second-order valence-corrected chi connectivity index (χ2v) is 4.09. The Labute approximate surface area is 110 Å². The molecule has 0 spiro atoms. The average Bonchev–Trinajstić information content (AvgIpc) is 2.32. The third kappa shape index (κ3) is 3.15.